The van der Waals surface area contributed by atoms with Gasteiger partial charge in [0.2, 0.25) is 0 Å². The Labute approximate surface area is 154 Å². The molecule has 4 nitrogen and oxygen atoms in total. The standard InChI is InChI=1S/C20H25ClN2O2/c1-24-19-9-5-7-17(20(19)25-2)15-23-12-10-22(11-13-23)14-16-6-3-4-8-18(16)21/h3-9H,10-15H2,1-2H3. The molecule has 1 aliphatic rings. The Morgan fingerprint density at radius 1 is 0.800 bits per heavy atom. The molecule has 3 rings (SSSR count). The number of hydrogen-bond donors (Lipinski definition) is 0. The average Bonchev–Trinajstić information content (AvgIpc) is 2.65. The molecule has 0 radical (unpaired) electrons. The second-order valence-corrected chi connectivity index (χ2v) is 6.70. The molecule has 0 bridgehead atoms. The summed E-state index contributed by atoms with van der Waals surface area (Å²) in [4.78, 5) is 4.92. The highest BCUT2D eigenvalue weighted by Crippen LogP contribution is 2.31. The van der Waals surface area contributed by atoms with Crippen LogP contribution in [0.15, 0.2) is 42.5 Å². The molecule has 5 heteroatoms. The molecule has 0 N–H and O–H groups in total. The molecule has 134 valence electrons. The first-order valence-electron chi connectivity index (χ1n) is 8.59. The van der Waals surface area contributed by atoms with Crippen molar-refractivity contribution in [2.75, 3.05) is 40.4 Å². The average molecular weight is 361 g/mol. The number of ether oxygens (including phenoxy) is 2. The Kier molecular flexibility index (Phi) is 6.19. The summed E-state index contributed by atoms with van der Waals surface area (Å²) < 4.78 is 10.9. The van der Waals surface area contributed by atoms with Crippen molar-refractivity contribution in [2.24, 2.45) is 0 Å². The predicted octanol–water partition coefficient (Wildman–Crippen LogP) is 3.68. The molecule has 1 heterocycles. The van der Waals surface area contributed by atoms with Crippen molar-refractivity contribution in [3.8, 4) is 11.5 Å². The van der Waals surface area contributed by atoms with E-state index < -0.39 is 0 Å². The normalized spacial score (nSPS) is 16.0. The lowest BCUT2D eigenvalue weighted by molar-refractivity contribution is 0.121. The molecule has 0 amide bonds. The van der Waals surface area contributed by atoms with Crippen LogP contribution in [0.5, 0.6) is 11.5 Å². The summed E-state index contributed by atoms with van der Waals surface area (Å²) in [5.41, 5.74) is 2.37. The molecular formula is C20H25ClN2O2. The van der Waals surface area contributed by atoms with Gasteiger partial charge in [-0.25, -0.2) is 0 Å². The Bertz CT molecular complexity index is 700. The molecule has 0 spiro atoms. The summed E-state index contributed by atoms with van der Waals surface area (Å²) in [7, 11) is 3.37. The summed E-state index contributed by atoms with van der Waals surface area (Å²) in [6.07, 6.45) is 0. The van der Waals surface area contributed by atoms with Crippen LogP contribution in [-0.4, -0.2) is 50.2 Å². The zero-order valence-corrected chi connectivity index (χ0v) is 15.6. The molecular weight excluding hydrogens is 336 g/mol. The summed E-state index contributed by atoms with van der Waals surface area (Å²) >= 11 is 6.28. The molecule has 0 unspecified atom stereocenters. The maximum atomic E-state index is 6.28. The minimum Gasteiger partial charge on any atom is -0.493 e. The van der Waals surface area contributed by atoms with E-state index in [1.807, 2.05) is 30.3 Å². The van der Waals surface area contributed by atoms with E-state index in [2.05, 4.69) is 21.9 Å². The van der Waals surface area contributed by atoms with Gasteiger partial charge in [0.25, 0.3) is 0 Å². The first kappa shape index (κ1) is 18.1. The Morgan fingerprint density at radius 2 is 1.40 bits per heavy atom. The topological polar surface area (TPSA) is 24.9 Å². The van der Waals surface area contributed by atoms with Gasteiger partial charge in [0.15, 0.2) is 11.5 Å². The Morgan fingerprint density at radius 3 is 2.00 bits per heavy atom. The molecule has 1 saturated heterocycles. The fourth-order valence-corrected chi connectivity index (χ4v) is 3.49. The van der Waals surface area contributed by atoms with E-state index >= 15 is 0 Å². The van der Waals surface area contributed by atoms with Crippen molar-refractivity contribution < 1.29 is 9.47 Å². The number of methoxy groups -OCH3 is 2. The van der Waals surface area contributed by atoms with E-state index in [-0.39, 0.29) is 0 Å². The fraction of sp³-hybridized carbons (Fsp3) is 0.400. The number of nitrogens with zero attached hydrogens (tertiary/aromatic N) is 2. The molecule has 0 saturated carbocycles. The van der Waals surface area contributed by atoms with Gasteiger partial charge >= 0.3 is 0 Å². The second-order valence-electron chi connectivity index (χ2n) is 6.30. The van der Waals surface area contributed by atoms with Crippen molar-refractivity contribution in [1.82, 2.24) is 9.80 Å². The van der Waals surface area contributed by atoms with E-state index in [1.165, 1.54) is 11.1 Å². The van der Waals surface area contributed by atoms with E-state index in [4.69, 9.17) is 21.1 Å². The molecule has 1 aliphatic heterocycles. The Hall–Kier alpha value is -1.75. The van der Waals surface area contributed by atoms with E-state index in [0.717, 1.165) is 55.8 Å². The van der Waals surface area contributed by atoms with Gasteiger partial charge < -0.3 is 9.47 Å². The van der Waals surface area contributed by atoms with Gasteiger partial charge in [-0.05, 0) is 17.7 Å². The zero-order valence-electron chi connectivity index (χ0n) is 14.9. The number of rotatable bonds is 6. The first-order chi connectivity index (χ1) is 12.2. The zero-order chi connectivity index (χ0) is 17.6. The highest BCUT2D eigenvalue weighted by Gasteiger charge is 2.19. The smallest absolute Gasteiger partial charge is 0.165 e. The van der Waals surface area contributed by atoms with Gasteiger partial charge in [-0.15, -0.1) is 0 Å². The van der Waals surface area contributed by atoms with Crippen molar-refractivity contribution in [2.45, 2.75) is 13.1 Å². The maximum absolute atomic E-state index is 6.28. The predicted molar refractivity (Wildman–Crippen MR) is 102 cm³/mol. The van der Waals surface area contributed by atoms with Crippen LogP contribution in [0.4, 0.5) is 0 Å². The fourth-order valence-electron chi connectivity index (χ4n) is 3.29. The summed E-state index contributed by atoms with van der Waals surface area (Å²) in [5.74, 6) is 1.63. The van der Waals surface area contributed by atoms with Gasteiger partial charge in [0, 0.05) is 49.9 Å². The molecule has 2 aromatic carbocycles. The molecule has 0 atom stereocenters. The quantitative estimate of drug-likeness (QED) is 0.784. The van der Waals surface area contributed by atoms with Gasteiger partial charge in [-0.2, -0.15) is 0 Å². The minimum absolute atomic E-state index is 0.789. The number of piperazine rings is 1. The van der Waals surface area contributed by atoms with Crippen LogP contribution in [0.3, 0.4) is 0 Å². The van der Waals surface area contributed by atoms with Crippen molar-refractivity contribution >= 4 is 11.6 Å². The lowest BCUT2D eigenvalue weighted by atomic mass is 10.1. The molecule has 1 fully saturated rings. The largest absolute Gasteiger partial charge is 0.493 e. The third kappa shape index (κ3) is 4.46. The van der Waals surface area contributed by atoms with Crippen LogP contribution in [-0.2, 0) is 13.1 Å². The van der Waals surface area contributed by atoms with Crippen LogP contribution < -0.4 is 9.47 Å². The maximum Gasteiger partial charge on any atom is 0.165 e. The summed E-state index contributed by atoms with van der Waals surface area (Å²) in [6.45, 7) is 5.93. The van der Waals surface area contributed by atoms with Crippen molar-refractivity contribution in [3.05, 3.63) is 58.6 Å². The number of para-hydroxylation sites is 1. The lowest BCUT2D eigenvalue weighted by Gasteiger charge is -2.35. The monoisotopic (exact) mass is 360 g/mol. The molecule has 2 aromatic rings. The molecule has 0 aliphatic carbocycles. The van der Waals surface area contributed by atoms with Crippen LogP contribution in [0.2, 0.25) is 5.02 Å². The molecule has 25 heavy (non-hydrogen) atoms. The first-order valence-corrected chi connectivity index (χ1v) is 8.97. The number of halogens is 1. The second kappa shape index (κ2) is 8.56. The van der Waals surface area contributed by atoms with Gasteiger partial charge in [-0.1, -0.05) is 41.9 Å². The Balaban J connectivity index is 1.57. The summed E-state index contributed by atoms with van der Waals surface area (Å²) in [5, 5.41) is 0.853. The van der Waals surface area contributed by atoms with Gasteiger partial charge in [-0.3, -0.25) is 9.80 Å². The van der Waals surface area contributed by atoms with Gasteiger partial charge in [0.1, 0.15) is 0 Å². The third-order valence-electron chi connectivity index (χ3n) is 4.70. The van der Waals surface area contributed by atoms with Gasteiger partial charge in [0.05, 0.1) is 14.2 Å². The van der Waals surface area contributed by atoms with E-state index in [1.54, 1.807) is 14.2 Å². The summed E-state index contributed by atoms with van der Waals surface area (Å²) in [6, 6.07) is 14.2. The lowest BCUT2D eigenvalue weighted by Crippen LogP contribution is -2.45. The minimum atomic E-state index is 0.789. The van der Waals surface area contributed by atoms with Crippen LogP contribution in [0.25, 0.3) is 0 Å². The van der Waals surface area contributed by atoms with Crippen LogP contribution in [0.1, 0.15) is 11.1 Å². The molecule has 0 aromatic heterocycles. The van der Waals surface area contributed by atoms with Crippen LogP contribution >= 0.6 is 11.6 Å². The van der Waals surface area contributed by atoms with Crippen LogP contribution in [0, 0.1) is 0 Å². The van der Waals surface area contributed by atoms with Crippen molar-refractivity contribution in [1.29, 1.82) is 0 Å². The van der Waals surface area contributed by atoms with E-state index in [0.29, 0.717) is 0 Å². The third-order valence-corrected chi connectivity index (χ3v) is 5.06. The highest BCUT2D eigenvalue weighted by molar-refractivity contribution is 6.31. The highest BCUT2D eigenvalue weighted by atomic mass is 35.5. The SMILES string of the molecule is COc1cccc(CN2CCN(Cc3ccccc3Cl)CC2)c1OC. The van der Waals surface area contributed by atoms with Crippen molar-refractivity contribution in [3.63, 3.8) is 0 Å². The number of benzene rings is 2. The van der Waals surface area contributed by atoms with E-state index in [9.17, 15) is 0 Å². The number of hydrogen-bond acceptors (Lipinski definition) is 4.